The van der Waals surface area contributed by atoms with Gasteiger partial charge in [0.05, 0.1) is 5.60 Å². The molecule has 1 aliphatic heterocycles. The van der Waals surface area contributed by atoms with Gasteiger partial charge in [0.15, 0.2) is 12.4 Å². The monoisotopic (exact) mass is 668 g/mol. The molecule has 7 nitrogen and oxygen atoms in total. The van der Waals surface area contributed by atoms with Gasteiger partial charge in [-0.3, -0.25) is 4.79 Å². The molecule has 1 saturated heterocycles. The number of carbonyl (C=O) groups is 2. The fraction of sp³-hybridized carbons (Fsp3) is 0.394. The number of hydrogen-bond acceptors (Lipinski definition) is 7. The van der Waals surface area contributed by atoms with E-state index in [2.05, 4.69) is 4.90 Å². The molecular formula is C33H40Cl3FN2O5. The number of halogens is 4. The lowest BCUT2D eigenvalue weighted by Gasteiger charge is -2.38. The zero-order valence-electron chi connectivity index (χ0n) is 25.0. The van der Waals surface area contributed by atoms with Crippen LogP contribution in [0.1, 0.15) is 41.6 Å². The molecule has 11 heteroatoms. The molecule has 0 aromatic heterocycles. The maximum absolute atomic E-state index is 12.9. The maximum Gasteiger partial charge on any atom is 0.344 e. The van der Waals surface area contributed by atoms with Gasteiger partial charge in [0.1, 0.15) is 18.2 Å². The number of hydrogen-bond donors (Lipinski definition) is 1. The largest absolute Gasteiger partial charge is 0.482 e. The number of carbonyl (C=O) groups excluding carboxylic acids is 2. The summed E-state index contributed by atoms with van der Waals surface area (Å²) in [6.45, 7) is 3.40. The van der Waals surface area contributed by atoms with Crippen LogP contribution in [0.2, 0.25) is 10.0 Å². The predicted octanol–water partition coefficient (Wildman–Crippen LogP) is 6.67. The molecule has 0 bridgehead atoms. The number of nitrogens with zero attached hydrogens (tertiary/aromatic N) is 2. The Bertz CT molecular complexity index is 1280. The number of benzene rings is 3. The van der Waals surface area contributed by atoms with Crippen LogP contribution in [0.3, 0.4) is 0 Å². The van der Waals surface area contributed by atoms with E-state index in [1.807, 2.05) is 43.3 Å². The van der Waals surface area contributed by atoms with E-state index < -0.39 is 5.60 Å². The van der Waals surface area contributed by atoms with Crippen molar-refractivity contribution >= 4 is 47.4 Å². The summed E-state index contributed by atoms with van der Waals surface area (Å²) in [6, 6.07) is 19.9. The molecule has 3 aromatic carbocycles. The number of piperidine rings is 1. The zero-order valence-corrected chi connectivity index (χ0v) is 27.3. The van der Waals surface area contributed by atoms with Gasteiger partial charge in [-0.15, -0.1) is 12.4 Å². The number of ketones is 1. The van der Waals surface area contributed by atoms with Crippen LogP contribution in [0.15, 0.2) is 72.8 Å². The lowest BCUT2D eigenvalue weighted by Crippen LogP contribution is -2.42. The molecule has 0 radical (unpaired) electrons. The summed E-state index contributed by atoms with van der Waals surface area (Å²) in [5.41, 5.74) is 0.667. The van der Waals surface area contributed by atoms with Crippen molar-refractivity contribution in [2.75, 3.05) is 53.5 Å². The molecule has 0 unspecified atom stereocenters. The van der Waals surface area contributed by atoms with Gasteiger partial charge in [-0.25, -0.2) is 9.18 Å². The highest BCUT2D eigenvalue weighted by Gasteiger charge is 2.33. The number of likely N-dealkylation sites (N-methyl/N-ethyl adjacent to an activating group) is 1. The lowest BCUT2D eigenvalue weighted by atomic mass is 9.84. The normalized spacial score (nSPS) is 14.2. The molecule has 1 heterocycles. The van der Waals surface area contributed by atoms with Gasteiger partial charge in [0, 0.05) is 41.7 Å². The second-order valence-corrected chi connectivity index (χ2v) is 11.6. The van der Waals surface area contributed by atoms with Crippen LogP contribution in [0.25, 0.3) is 0 Å². The van der Waals surface area contributed by atoms with E-state index in [4.69, 9.17) is 32.7 Å². The van der Waals surface area contributed by atoms with E-state index in [0.717, 1.165) is 31.6 Å². The summed E-state index contributed by atoms with van der Waals surface area (Å²) in [6.07, 6.45) is 2.54. The minimum atomic E-state index is -0.801. The van der Waals surface area contributed by atoms with E-state index in [1.54, 1.807) is 24.3 Å². The minimum Gasteiger partial charge on any atom is -0.482 e. The number of rotatable bonds is 12. The van der Waals surface area contributed by atoms with Crippen LogP contribution in [0.4, 0.5) is 4.39 Å². The Morgan fingerprint density at radius 1 is 0.932 bits per heavy atom. The van der Waals surface area contributed by atoms with Crippen LogP contribution in [0.5, 0.6) is 5.75 Å². The van der Waals surface area contributed by atoms with E-state index in [-0.39, 0.29) is 36.6 Å². The van der Waals surface area contributed by atoms with Gasteiger partial charge in [-0.05, 0) is 106 Å². The van der Waals surface area contributed by atoms with E-state index in [1.165, 1.54) is 24.3 Å². The highest BCUT2D eigenvalue weighted by atomic mass is 35.5. The quantitative estimate of drug-likeness (QED) is 0.171. The van der Waals surface area contributed by atoms with Gasteiger partial charge < -0.3 is 24.4 Å². The first-order valence-corrected chi connectivity index (χ1v) is 15.0. The summed E-state index contributed by atoms with van der Waals surface area (Å²) >= 11 is 11.6. The molecule has 0 atom stereocenters. The second-order valence-electron chi connectivity index (χ2n) is 10.7. The number of Topliss-reactive ketones (excluding diaryl/α,β-unsaturated/α-hetero) is 1. The van der Waals surface area contributed by atoms with Crippen LogP contribution in [-0.2, 0) is 15.1 Å². The number of esters is 1. The summed E-state index contributed by atoms with van der Waals surface area (Å²) in [4.78, 5) is 27.6. The summed E-state index contributed by atoms with van der Waals surface area (Å²) in [5, 5.41) is 12.2. The maximum atomic E-state index is 12.9. The standard InChI is InChI=1S/C21H23ClFNO2.C12H16ClNO3.ClH/c22-18-7-5-17(6-8-18)21(26)11-14-24(15-12-21)13-1-2-20(25)16-3-9-19(23)10-4-16;1-14(2)7-8-16-12(15)9-17-11-5-3-10(13)4-6-11;/h3-10,26H,1-2,11-15H2;3-6H,7-9H2,1-2H3;1H. The molecule has 240 valence electrons. The van der Waals surface area contributed by atoms with E-state index in [0.29, 0.717) is 53.8 Å². The average molecular weight is 670 g/mol. The van der Waals surface area contributed by atoms with Crippen molar-refractivity contribution in [2.45, 2.75) is 31.3 Å². The Labute approximate surface area is 275 Å². The van der Waals surface area contributed by atoms with Crippen LogP contribution < -0.4 is 4.74 Å². The third kappa shape index (κ3) is 13.1. The van der Waals surface area contributed by atoms with Gasteiger partial charge >= 0.3 is 5.97 Å². The van der Waals surface area contributed by atoms with Crippen molar-refractivity contribution in [3.8, 4) is 5.75 Å². The highest BCUT2D eigenvalue weighted by molar-refractivity contribution is 6.30. The fourth-order valence-corrected chi connectivity index (χ4v) is 4.75. The molecule has 4 rings (SSSR count). The molecule has 44 heavy (non-hydrogen) atoms. The SMILES string of the molecule is CN(C)CCOC(=O)COc1ccc(Cl)cc1.Cl.O=C(CCCN1CCC(O)(c2ccc(Cl)cc2)CC1)c1ccc(F)cc1. The smallest absolute Gasteiger partial charge is 0.344 e. The number of aliphatic hydroxyl groups is 1. The molecule has 1 aliphatic rings. The van der Waals surface area contributed by atoms with Gasteiger partial charge in [0.25, 0.3) is 0 Å². The second kappa shape index (κ2) is 18.9. The lowest BCUT2D eigenvalue weighted by molar-refractivity contribution is -0.146. The first-order valence-electron chi connectivity index (χ1n) is 14.2. The summed E-state index contributed by atoms with van der Waals surface area (Å²) in [5.74, 6) is -0.0662. The molecular weight excluding hydrogens is 630 g/mol. The molecule has 1 fully saturated rings. The highest BCUT2D eigenvalue weighted by Crippen LogP contribution is 2.33. The van der Waals surface area contributed by atoms with Crippen molar-refractivity contribution < 1.29 is 28.6 Å². The molecule has 3 aromatic rings. The van der Waals surface area contributed by atoms with Crippen molar-refractivity contribution in [3.05, 3.63) is 99.8 Å². The van der Waals surface area contributed by atoms with Crippen molar-refractivity contribution in [2.24, 2.45) is 0 Å². The molecule has 0 spiro atoms. The van der Waals surface area contributed by atoms with Gasteiger partial charge in [0.2, 0.25) is 0 Å². The third-order valence-electron chi connectivity index (χ3n) is 7.08. The van der Waals surface area contributed by atoms with E-state index in [9.17, 15) is 19.1 Å². The summed E-state index contributed by atoms with van der Waals surface area (Å²) in [7, 11) is 3.83. The fourth-order valence-electron chi connectivity index (χ4n) is 4.50. The first kappa shape index (κ1) is 37.5. The first-order chi connectivity index (χ1) is 20.5. The topological polar surface area (TPSA) is 79.3 Å². The average Bonchev–Trinajstić information content (AvgIpc) is 2.99. The Balaban J connectivity index is 0.000000328. The molecule has 0 saturated carbocycles. The van der Waals surface area contributed by atoms with Crippen molar-refractivity contribution in [1.29, 1.82) is 0 Å². The third-order valence-corrected chi connectivity index (χ3v) is 7.58. The molecule has 0 aliphatic carbocycles. The number of ether oxygens (including phenoxy) is 2. The van der Waals surface area contributed by atoms with Crippen molar-refractivity contribution in [1.82, 2.24) is 9.80 Å². The van der Waals surface area contributed by atoms with Crippen LogP contribution >= 0.6 is 35.6 Å². The number of likely N-dealkylation sites (tertiary alicyclic amines) is 1. The molecule has 1 N–H and O–H groups in total. The van der Waals surface area contributed by atoms with Crippen LogP contribution in [-0.4, -0.2) is 80.1 Å². The van der Waals surface area contributed by atoms with Gasteiger partial charge in [-0.2, -0.15) is 0 Å². The van der Waals surface area contributed by atoms with E-state index >= 15 is 0 Å². The molecule has 0 amide bonds. The Hall–Kier alpha value is -2.72. The minimum absolute atomic E-state index is 0. The predicted molar refractivity (Wildman–Crippen MR) is 175 cm³/mol. The Morgan fingerprint density at radius 3 is 2.07 bits per heavy atom. The van der Waals surface area contributed by atoms with Crippen molar-refractivity contribution in [3.63, 3.8) is 0 Å². The Kier molecular flexibility index (Phi) is 16.1. The zero-order chi connectivity index (χ0) is 31.2. The van der Waals surface area contributed by atoms with Crippen LogP contribution in [0, 0.1) is 5.82 Å². The van der Waals surface area contributed by atoms with Gasteiger partial charge in [-0.1, -0.05) is 35.3 Å². The Morgan fingerprint density at radius 2 is 1.50 bits per heavy atom. The summed E-state index contributed by atoms with van der Waals surface area (Å²) < 4.78 is 23.1.